The Morgan fingerprint density at radius 1 is 1.40 bits per heavy atom. The van der Waals surface area contributed by atoms with E-state index in [0.29, 0.717) is 0 Å². The van der Waals surface area contributed by atoms with Crippen LogP contribution in [0.4, 0.5) is 0 Å². The van der Waals surface area contributed by atoms with Crippen LogP contribution >= 0.6 is 15.9 Å². The van der Waals surface area contributed by atoms with E-state index >= 15 is 0 Å². The Bertz CT molecular complexity index is 468. The number of nitrogens with zero attached hydrogens (tertiary/aromatic N) is 1. The molecule has 110 valence electrons. The van der Waals surface area contributed by atoms with Crippen LogP contribution in [0.25, 0.3) is 0 Å². The minimum atomic E-state index is 0.0194. The second-order valence-corrected chi connectivity index (χ2v) is 6.60. The van der Waals surface area contributed by atoms with E-state index < -0.39 is 0 Å². The van der Waals surface area contributed by atoms with Crippen molar-refractivity contribution in [3.63, 3.8) is 0 Å². The molecule has 1 aromatic carbocycles. The first-order valence-corrected chi connectivity index (χ1v) is 8.12. The van der Waals surface area contributed by atoms with Gasteiger partial charge < -0.3 is 10.2 Å². The van der Waals surface area contributed by atoms with Crippen molar-refractivity contribution in [3.8, 4) is 0 Å². The van der Waals surface area contributed by atoms with Gasteiger partial charge in [0, 0.05) is 23.1 Å². The maximum Gasteiger partial charge on any atom is 0.251 e. The smallest absolute Gasteiger partial charge is 0.251 e. The van der Waals surface area contributed by atoms with E-state index in [-0.39, 0.29) is 5.91 Å². The first-order valence-electron chi connectivity index (χ1n) is 7.33. The summed E-state index contributed by atoms with van der Waals surface area (Å²) in [6.45, 7) is 8.31. The van der Waals surface area contributed by atoms with Crippen LogP contribution in [0.1, 0.15) is 35.7 Å². The monoisotopic (exact) mass is 338 g/mol. The van der Waals surface area contributed by atoms with Gasteiger partial charge in [-0.15, -0.1) is 0 Å². The first-order chi connectivity index (χ1) is 9.56. The molecule has 1 saturated heterocycles. The molecule has 4 heteroatoms. The van der Waals surface area contributed by atoms with E-state index in [9.17, 15) is 4.79 Å². The van der Waals surface area contributed by atoms with E-state index in [1.807, 2.05) is 25.1 Å². The SMILES string of the molecule is Cc1cc(C(=O)NCCN2CCC(C)CC2)ccc1Br. The van der Waals surface area contributed by atoms with E-state index in [4.69, 9.17) is 0 Å². The molecule has 0 radical (unpaired) electrons. The summed E-state index contributed by atoms with van der Waals surface area (Å²) >= 11 is 3.45. The van der Waals surface area contributed by atoms with Gasteiger partial charge in [0.2, 0.25) is 0 Å². The van der Waals surface area contributed by atoms with Gasteiger partial charge in [0.25, 0.3) is 5.91 Å². The van der Waals surface area contributed by atoms with Crippen molar-refractivity contribution in [2.75, 3.05) is 26.2 Å². The van der Waals surface area contributed by atoms with Gasteiger partial charge in [0.05, 0.1) is 0 Å². The highest BCUT2D eigenvalue weighted by Gasteiger charge is 2.15. The number of amides is 1. The van der Waals surface area contributed by atoms with E-state index in [1.54, 1.807) is 0 Å². The van der Waals surface area contributed by atoms with Crippen LogP contribution in [0.2, 0.25) is 0 Å². The van der Waals surface area contributed by atoms with Gasteiger partial charge in [0.15, 0.2) is 0 Å². The fourth-order valence-electron chi connectivity index (χ4n) is 2.50. The number of likely N-dealkylation sites (tertiary alicyclic amines) is 1. The number of nitrogens with one attached hydrogen (secondary N) is 1. The highest BCUT2D eigenvalue weighted by Crippen LogP contribution is 2.17. The lowest BCUT2D eigenvalue weighted by Gasteiger charge is -2.30. The molecule has 3 nitrogen and oxygen atoms in total. The van der Waals surface area contributed by atoms with Crippen LogP contribution in [0, 0.1) is 12.8 Å². The summed E-state index contributed by atoms with van der Waals surface area (Å²) in [5.74, 6) is 0.873. The number of rotatable bonds is 4. The van der Waals surface area contributed by atoms with Crippen LogP contribution in [0.15, 0.2) is 22.7 Å². The molecule has 20 heavy (non-hydrogen) atoms. The molecular weight excluding hydrogens is 316 g/mol. The third-order valence-corrected chi connectivity index (χ3v) is 4.90. The lowest BCUT2D eigenvalue weighted by atomic mass is 9.99. The van der Waals surface area contributed by atoms with Crippen LogP contribution in [0.3, 0.4) is 0 Å². The number of halogens is 1. The summed E-state index contributed by atoms with van der Waals surface area (Å²) in [6, 6.07) is 5.70. The van der Waals surface area contributed by atoms with Gasteiger partial charge in [-0.2, -0.15) is 0 Å². The zero-order valence-corrected chi connectivity index (χ0v) is 13.9. The summed E-state index contributed by atoms with van der Waals surface area (Å²) in [4.78, 5) is 14.5. The Kier molecular flexibility index (Phi) is 5.61. The third-order valence-electron chi connectivity index (χ3n) is 4.01. The van der Waals surface area contributed by atoms with Crippen molar-refractivity contribution in [2.24, 2.45) is 5.92 Å². The fraction of sp³-hybridized carbons (Fsp3) is 0.562. The Morgan fingerprint density at radius 2 is 2.10 bits per heavy atom. The van der Waals surface area contributed by atoms with Crippen molar-refractivity contribution in [2.45, 2.75) is 26.7 Å². The molecule has 1 aliphatic heterocycles. The van der Waals surface area contributed by atoms with Crippen molar-refractivity contribution in [1.82, 2.24) is 10.2 Å². The van der Waals surface area contributed by atoms with E-state index in [1.165, 1.54) is 12.8 Å². The molecule has 1 aliphatic rings. The maximum atomic E-state index is 12.1. The molecule has 0 atom stereocenters. The van der Waals surface area contributed by atoms with Gasteiger partial charge in [-0.3, -0.25) is 4.79 Å². The summed E-state index contributed by atoms with van der Waals surface area (Å²) in [5.41, 5.74) is 1.82. The van der Waals surface area contributed by atoms with Gasteiger partial charge in [-0.25, -0.2) is 0 Å². The highest BCUT2D eigenvalue weighted by molar-refractivity contribution is 9.10. The molecule has 1 amide bonds. The standard InChI is InChI=1S/C16H23BrN2O/c1-12-5-8-19(9-6-12)10-7-18-16(20)14-3-4-15(17)13(2)11-14/h3-4,11-12H,5-10H2,1-2H3,(H,18,20). The summed E-state index contributed by atoms with van der Waals surface area (Å²) in [5, 5.41) is 3.01. The predicted molar refractivity (Wildman–Crippen MR) is 86.1 cm³/mol. The summed E-state index contributed by atoms with van der Waals surface area (Å²) in [6.07, 6.45) is 2.56. The second-order valence-electron chi connectivity index (χ2n) is 5.74. The predicted octanol–water partition coefficient (Wildman–Crippen LogP) is 3.22. The van der Waals surface area contributed by atoms with Crippen LogP contribution in [-0.4, -0.2) is 37.0 Å². The van der Waals surface area contributed by atoms with Gasteiger partial charge in [0.1, 0.15) is 0 Å². The minimum Gasteiger partial charge on any atom is -0.351 e. The molecule has 0 saturated carbocycles. The lowest BCUT2D eigenvalue weighted by molar-refractivity contribution is 0.0944. The highest BCUT2D eigenvalue weighted by atomic mass is 79.9. The average Bonchev–Trinajstić information content (AvgIpc) is 2.44. The second kappa shape index (κ2) is 7.23. The zero-order valence-electron chi connectivity index (χ0n) is 12.3. The molecule has 1 aromatic rings. The number of aryl methyl sites for hydroxylation is 1. The number of hydrogen-bond donors (Lipinski definition) is 1. The molecule has 1 heterocycles. The number of hydrogen-bond acceptors (Lipinski definition) is 2. The average molecular weight is 339 g/mol. The molecule has 1 fully saturated rings. The molecule has 2 rings (SSSR count). The molecular formula is C16H23BrN2O. The molecule has 0 unspecified atom stereocenters. The van der Waals surface area contributed by atoms with E-state index in [2.05, 4.69) is 33.1 Å². The van der Waals surface area contributed by atoms with Crippen LogP contribution < -0.4 is 5.32 Å². The minimum absolute atomic E-state index is 0.0194. The topological polar surface area (TPSA) is 32.3 Å². The van der Waals surface area contributed by atoms with Crippen molar-refractivity contribution < 1.29 is 4.79 Å². The molecule has 0 spiro atoms. The van der Waals surface area contributed by atoms with Crippen LogP contribution in [-0.2, 0) is 0 Å². The Hall–Kier alpha value is -0.870. The van der Waals surface area contributed by atoms with Crippen LogP contribution in [0.5, 0.6) is 0 Å². The largest absolute Gasteiger partial charge is 0.351 e. The summed E-state index contributed by atoms with van der Waals surface area (Å²) < 4.78 is 1.04. The number of carbonyl (C=O) groups is 1. The van der Waals surface area contributed by atoms with Gasteiger partial charge >= 0.3 is 0 Å². The fourth-order valence-corrected chi connectivity index (χ4v) is 2.75. The molecule has 0 aromatic heterocycles. The quantitative estimate of drug-likeness (QED) is 0.914. The number of carbonyl (C=O) groups excluding carboxylic acids is 1. The van der Waals surface area contributed by atoms with Gasteiger partial charge in [-0.05, 0) is 62.5 Å². The van der Waals surface area contributed by atoms with E-state index in [0.717, 1.165) is 47.7 Å². The zero-order chi connectivity index (χ0) is 14.5. The van der Waals surface area contributed by atoms with Crippen molar-refractivity contribution >= 4 is 21.8 Å². The molecule has 0 bridgehead atoms. The number of benzene rings is 1. The van der Waals surface area contributed by atoms with Crippen molar-refractivity contribution in [1.29, 1.82) is 0 Å². The lowest BCUT2D eigenvalue weighted by Crippen LogP contribution is -2.39. The summed E-state index contributed by atoms with van der Waals surface area (Å²) in [7, 11) is 0. The molecule has 1 N–H and O–H groups in total. The third kappa shape index (κ3) is 4.32. The Labute approximate surface area is 129 Å². The Balaban J connectivity index is 1.76. The normalized spacial score (nSPS) is 17.1. The van der Waals surface area contributed by atoms with Gasteiger partial charge in [-0.1, -0.05) is 22.9 Å². The number of piperidine rings is 1. The first kappa shape index (κ1) is 15.5. The molecule has 0 aliphatic carbocycles. The Morgan fingerprint density at radius 3 is 2.75 bits per heavy atom. The van der Waals surface area contributed by atoms with Crippen molar-refractivity contribution in [3.05, 3.63) is 33.8 Å². The maximum absolute atomic E-state index is 12.1.